The molecule has 1 aliphatic heterocycles. The molecule has 22 heavy (non-hydrogen) atoms. The molecule has 0 spiro atoms. The van der Waals surface area contributed by atoms with Gasteiger partial charge in [0.2, 0.25) is 5.91 Å². The second kappa shape index (κ2) is 5.63. The molecule has 0 saturated heterocycles. The zero-order valence-corrected chi connectivity index (χ0v) is 12.3. The molecule has 6 nitrogen and oxygen atoms in total. The first-order chi connectivity index (χ1) is 10.6. The Morgan fingerprint density at radius 2 is 2.05 bits per heavy atom. The van der Waals surface area contributed by atoms with Crippen molar-refractivity contribution < 1.29 is 4.79 Å². The van der Waals surface area contributed by atoms with Gasteiger partial charge in [-0.1, -0.05) is 31.2 Å². The molecule has 0 saturated carbocycles. The first-order valence-corrected chi connectivity index (χ1v) is 7.27. The summed E-state index contributed by atoms with van der Waals surface area (Å²) >= 11 is 0. The number of nitrogens with one attached hydrogen (secondary N) is 1. The third-order valence-corrected chi connectivity index (χ3v) is 4.04. The SMILES string of the molecule is CCC1c2ccccc2CN1C(=O)Cn1ccc(=O)[nH]c1=O. The Hall–Kier alpha value is -2.63. The highest BCUT2D eigenvalue weighted by molar-refractivity contribution is 5.77. The lowest BCUT2D eigenvalue weighted by Gasteiger charge is -2.24. The Bertz CT molecular complexity index is 822. The summed E-state index contributed by atoms with van der Waals surface area (Å²) in [5, 5.41) is 0. The largest absolute Gasteiger partial charge is 0.330 e. The van der Waals surface area contributed by atoms with Crippen LogP contribution in [0.2, 0.25) is 0 Å². The minimum Gasteiger partial charge on any atom is -0.330 e. The van der Waals surface area contributed by atoms with Gasteiger partial charge < -0.3 is 4.90 Å². The van der Waals surface area contributed by atoms with Crippen LogP contribution in [0.5, 0.6) is 0 Å². The summed E-state index contributed by atoms with van der Waals surface area (Å²) in [4.78, 5) is 39.3. The monoisotopic (exact) mass is 299 g/mol. The predicted molar refractivity (Wildman–Crippen MR) is 81.3 cm³/mol. The van der Waals surface area contributed by atoms with Gasteiger partial charge in [0.05, 0.1) is 6.04 Å². The first-order valence-electron chi connectivity index (χ1n) is 7.27. The molecule has 0 aliphatic carbocycles. The number of carbonyl (C=O) groups excluding carboxylic acids is 1. The van der Waals surface area contributed by atoms with E-state index in [1.807, 2.05) is 31.2 Å². The molecule has 1 amide bonds. The molecule has 0 bridgehead atoms. The standard InChI is InChI=1S/C16H17N3O3/c1-2-13-12-6-4-3-5-11(12)9-19(13)15(21)10-18-8-7-14(20)17-16(18)22/h3-8,13H,2,9-10H2,1H3,(H,17,20,22). The van der Waals surface area contributed by atoms with Crippen molar-refractivity contribution in [2.24, 2.45) is 0 Å². The maximum atomic E-state index is 12.6. The molecule has 1 unspecified atom stereocenters. The summed E-state index contributed by atoms with van der Waals surface area (Å²) in [6, 6.07) is 9.29. The van der Waals surface area contributed by atoms with E-state index in [0.29, 0.717) is 6.54 Å². The maximum Gasteiger partial charge on any atom is 0.328 e. The van der Waals surface area contributed by atoms with Gasteiger partial charge in [-0.3, -0.25) is 19.1 Å². The Balaban J connectivity index is 1.84. The number of fused-ring (bicyclic) bond motifs is 1. The van der Waals surface area contributed by atoms with Crippen molar-refractivity contribution in [2.45, 2.75) is 32.5 Å². The highest BCUT2D eigenvalue weighted by atomic mass is 16.2. The van der Waals surface area contributed by atoms with Crippen molar-refractivity contribution in [1.29, 1.82) is 0 Å². The molecule has 0 fully saturated rings. The summed E-state index contributed by atoms with van der Waals surface area (Å²) in [5.41, 5.74) is 1.29. The fourth-order valence-electron chi connectivity index (χ4n) is 2.97. The third kappa shape index (κ3) is 2.47. The number of hydrogen-bond donors (Lipinski definition) is 1. The van der Waals surface area contributed by atoms with Crippen LogP contribution < -0.4 is 11.2 Å². The number of H-pyrrole nitrogens is 1. The lowest BCUT2D eigenvalue weighted by molar-refractivity contribution is -0.134. The molecule has 0 radical (unpaired) electrons. The van der Waals surface area contributed by atoms with Crippen molar-refractivity contribution in [1.82, 2.24) is 14.5 Å². The average Bonchev–Trinajstić information content (AvgIpc) is 2.88. The number of aromatic nitrogens is 2. The van der Waals surface area contributed by atoms with Gasteiger partial charge in [0.25, 0.3) is 5.56 Å². The molecule has 1 N–H and O–H groups in total. The smallest absolute Gasteiger partial charge is 0.328 e. The molecular weight excluding hydrogens is 282 g/mol. The van der Waals surface area contributed by atoms with Crippen molar-refractivity contribution in [3.8, 4) is 0 Å². The predicted octanol–water partition coefficient (Wildman–Crippen LogP) is 1.03. The van der Waals surface area contributed by atoms with Gasteiger partial charge in [0.15, 0.2) is 0 Å². The number of aromatic amines is 1. The van der Waals surface area contributed by atoms with Crippen LogP contribution in [-0.2, 0) is 17.9 Å². The van der Waals surface area contributed by atoms with Gasteiger partial charge >= 0.3 is 5.69 Å². The van der Waals surface area contributed by atoms with Crippen LogP contribution in [0.15, 0.2) is 46.1 Å². The fourth-order valence-corrected chi connectivity index (χ4v) is 2.97. The van der Waals surface area contributed by atoms with Crippen LogP contribution in [0.25, 0.3) is 0 Å². The molecule has 1 aliphatic rings. The van der Waals surface area contributed by atoms with E-state index in [1.54, 1.807) is 4.90 Å². The Morgan fingerprint density at radius 3 is 2.77 bits per heavy atom. The van der Waals surface area contributed by atoms with E-state index in [-0.39, 0.29) is 18.5 Å². The van der Waals surface area contributed by atoms with Gasteiger partial charge in [-0.2, -0.15) is 0 Å². The van der Waals surface area contributed by atoms with Gasteiger partial charge in [-0.25, -0.2) is 4.79 Å². The minimum atomic E-state index is -0.564. The molecule has 6 heteroatoms. The second-order valence-corrected chi connectivity index (χ2v) is 5.38. The lowest BCUT2D eigenvalue weighted by Crippen LogP contribution is -2.37. The zero-order valence-electron chi connectivity index (χ0n) is 12.3. The number of rotatable bonds is 3. The molecule has 1 atom stereocenters. The van der Waals surface area contributed by atoms with Gasteiger partial charge in [0.1, 0.15) is 6.54 Å². The first kappa shape index (κ1) is 14.3. The van der Waals surface area contributed by atoms with Crippen LogP contribution in [0, 0.1) is 0 Å². The van der Waals surface area contributed by atoms with Crippen LogP contribution in [0.1, 0.15) is 30.5 Å². The van der Waals surface area contributed by atoms with E-state index in [4.69, 9.17) is 0 Å². The minimum absolute atomic E-state index is 0.0437. The normalized spacial score (nSPS) is 16.6. The quantitative estimate of drug-likeness (QED) is 0.920. The van der Waals surface area contributed by atoms with E-state index < -0.39 is 11.2 Å². The summed E-state index contributed by atoms with van der Waals surface area (Å²) in [6.45, 7) is 2.53. The van der Waals surface area contributed by atoms with E-state index >= 15 is 0 Å². The Labute approximate surface area is 127 Å². The van der Waals surface area contributed by atoms with Crippen LogP contribution in [0.3, 0.4) is 0 Å². The Kier molecular flexibility index (Phi) is 3.66. The second-order valence-electron chi connectivity index (χ2n) is 5.38. The summed E-state index contributed by atoms with van der Waals surface area (Å²) in [6.07, 6.45) is 2.17. The van der Waals surface area contributed by atoms with Gasteiger partial charge in [-0.05, 0) is 17.5 Å². The molecule has 114 valence electrons. The number of amides is 1. The van der Waals surface area contributed by atoms with E-state index in [9.17, 15) is 14.4 Å². The Morgan fingerprint density at radius 1 is 1.27 bits per heavy atom. The van der Waals surface area contributed by atoms with Crippen LogP contribution in [0.4, 0.5) is 0 Å². The number of benzene rings is 1. The molecule has 1 aromatic carbocycles. The summed E-state index contributed by atoms with van der Waals surface area (Å²) in [5.74, 6) is -0.128. The van der Waals surface area contributed by atoms with E-state index in [2.05, 4.69) is 4.98 Å². The van der Waals surface area contributed by atoms with E-state index in [1.165, 1.54) is 22.4 Å². The van der Waals surface area contributed by atoms with Crippen molar-refractivity contribution in [3.63, 3.8) is 0 Å². The van der Waals surface area contributed by atoms with Gasteiger partial charge in [-0.15, -0.1) is 0 Å². The van der Waals surface area contributed by atoms with Crippen molar-refractivity contribution >= 4 is 5.91 Å². The molecule has 2 aromatic rings. The summed E-state index contributed by atoms with van der Waals surface area (Å²) in [7, 11) is 0. The highest BCUT2D eigenvalue weighted by Crippen LogP contribution is 2.35. The molecule has 2 heterocycles. The summed E-state index contributed by atoms with van der Waals surface area (Å²) < 4.78 is 1.22. The maximum absolute atomic E-state index is 12.6. The molecular formula is C16H17N3O3. The average molecular weight is 299 g/mol. The van der Waals surface area contributed by atoms with Crippen molar-refractivity contribution in [2.75, 3.05) is 0 Å². The molecule has 1 aromatic heterocycles. The topological polar surface area (TPSA) is 75.2 Å². The van der Waals surface area contributed by atoms with Gasteiger partial charge in [0, 0.05) is 18.8 Å². The highest BCUT2D eigenvalue weighted by Gasteiger charge is 2.31. The third-order valence-electron chi connectivity index (χ3n) is 4.04. The number of hydrogen-bond acceptors (Lipinski definition) is 3. The number of carbonyl (C=O) groups is 1. The van der Waals surface area contributed by atoms with E-state index in [0.717, 1.165) is 12.0 Å². The lowest BCUT2D eigenvalue weighted by atomic mass is 10.0. The fraction of sp³-hybridized carbons (Fsp3) is 0.312. The number of nitrogens with zero attached hydrogens (tertiary/aromatic N) is 2. The molecule has 3 rings (SSSR count). The van der Waals surface area contributed by atoms with Crippen LogP contribution >= 0.6 is 0 Å². The zero-order chi connectivity index (χ0) is 15.7. The van der Waals surface area contributed by atoms with Crippen molar-refractivity contribution in [3.05, 3.63) is 68.5 Å². The van der Waals surface area contributed by atoms with Crippen LogP contribution in [-0.4, -0.2) is 20.4 Å².